The van der Waals surface area contributed by atoms with Gasteiger partial charge in [0, 0.05) is 11.7 Å². The van der Waals surface area contributed by atoms with Crippen molar-refractivity contribution in [3.63, 3.8) is 0 Å². The van der Waals surface area contributed by atoms with Gasteiger partial charge in [-0.1, -0.05) is 32.0 Å². The lowest BCUT2D eigenvalue weighted by Gasteiger charge is -2.23. The zero-order chi connectivity index (χ0) is 18.4. The van der Waals surface area contributed by atoms with Crippen molar-refractivity contribution in [2.75, 3.05) is 18.9 Å². The van der Waals surface area contributed by atoms with E-state index in [0.717, 1.165) is 21.7 Å². The molecule has 0 aliphatic heterocycles. The van der Waals surface area contributed by atoms with Gasteiger partial charge in [0.15, 0.2) is 12.6 Å². The number of para-hydroxylation sites is 1. The Hall–Kier alpha value is -1.88. The van der Waals surface area contributed by atoms with E-state index in [9.17, 15) is 9.59 Å². The van der Waals surface area contributed by atoms with Gasteiger partial charge in [-0.2, -0.15) is 0 Å². The second kappa shape index (κ2) is 8.83. The first-order valence-electron chi connectivity index (χ1n) is 8.65. The molecule has 0 fully saturated rings. The molecule has 0 bridgehead atoms. The van der Waals surface area contributed by atoms with Gasteiger partial charge in [0.1, 0.15) is 0 Å². The van der Waals surface area contributed by atoms with E-state index < -0.39 is 0 Å². The van der Waals surface area contributed by atoms with Crippen molar-refractivity contribution in [2.24, 2.45) is 0 Å². The molecule has 0 aliphatic rings. The zero-order valence-corrected chi connectivity index (χ0v) is 16.0. The van der Waals surface area contributed by atoms with Gasteiger partial charge >= 0.3 is 0 Å². The topological polar surface area (TPSA) is 62.6 Å². The molecule has 0 aromatic heterocycles. The first-order chi connectivity index (χ1) is 11.1. The highest BCUT2D eigenvalue weighted by atomic mass is 16.2. The Labute approximate surface area is 145 Å². The Bertz CT molecular complexity index is 582. The van der Waals surface area contributed by atoms with Crippen LogP contribution < -0.4 is 15.5 Å². The molecule has 1 unspecified atom stereocenters. The standard InChI is InChI=1S/C19H31N3O2/c1-12(2)16-10-8-9-14(5)18(16)21-19(24)15(6)22(7)11-17(23)20-13(3)4/h8-10,12-13,15H,11H2,1-7H3,(H,20,23)(H,21,24)/p+1/t15-/m0/s1. The number of rotatable bonds is 7. The summed E-state index contributed by atoms with van der Waals surface area (Å²) >= 11 is 0. The maximum atomic E-state index is 12.6. The summed E-state index contributed by atoms with van der Waals surface area (Å²) in [4.78, 5) is 25.4. The van der Waals surface area contributed by atoms with Crippen molar-refractivity contribution in [1.29, 1.82) is 0 Å². The van der Waals surface area contributed by atoms with Crippen LogP contribution in [0.1, 0.15) is 51.7 Å². The lowest BCUT2D eigenvalue weighted by molar-refractivity contribution is -0.885. The molecule has 0 spiro atoms. The van der Waals surface area contributed by atoms with Crippen LogP contribution in [0.2, 0.25) is 0 Å². The molecule has 5 heteroatoms. The van der Waals surface area contributed by atoms with E-state index in [0.29, 0.717) is 5.92 Å². The van der Waals surface area contributed by atoms with Gasteiger partial charge in [0.05, 0.1) is 7.05 Å². The van der Waals surface area contributed by atoms with Crippen molar-refractivity contribution in [2.45, 2.75) is 59.5 Å². The minimum atomic E-state index is -0.317. The van der Waals surface area contributed by atoms with Crippen LogP contribution in [0.3, 0.4) is 0 Å². The summed E-state index contributed by atoms with van der Waals surface area (Å²) in [5.41, 5.74) is 3.08. The van der Waals surface area contributed by atoms with Gasteiger partial charge in [-0.05, 0) is 44.7 Å². The average molecular weight is 334 g/mol. The van der Waals surface area contributed by atoms with Gasteiger partial charge in [-0.3, -0.25) is 9.59 Å². The molecule has 0 aliphatic carbocycles. The summed E-state index contributed by atoms with van der Waals surface area (Å²) < 4.78 is 0. The minimum Gasteiger partial charge on any atom is -0.349 e. The number of hydrogen-bond donors (Lipinski definition) is 3. The van der Waals surface area contributed by atoms with Crippen LogP contribution in [0, 0.1) is 6.92 Å². The third kappa shape index (κ3) is 5.64. The normalized spacial score (nSPS) is 13.7. The number of nitrogens with one attached hydrogen (secondary N) is 3. The number of benzene rings is 1. The Balaban J connectivity index is 2.79. The number of carbonyl (C=O) groups is 2. The molecule has 1 aromatic rings. The van der Waals surface area contributed by atoms with Crippen molar-refractivity contribution < 1.29 is 14.5 Å². The molecule has 0 saturated carbocycles. The zero-order valence-electron chi connectivity index (χ0n) is 16.0. The van der Waals surface area contributed by atoms with E-state index in [1.807, 2.05) is 52.9 Å². The summed E-state index contributed by atoms with van der Waals surface area (Å²) in [7, 11) is 1.87. The van der Waals surface area contributed by atoms with Gasteiger partial charge in [-0.15, -0.1) is 0 Å². The summed E-state index contributed by atoms with van der Waals surface area (Å²) in [6, 6.07) is 5.85. The first kappa shape index (κ1) is 20.2. The maximum absolute atomic E-state index is 12.6. The molecule has 0 radical (unpaired) electrons. The molecule has 0 saturated heterocycles. The van der Waals surface area contributed by atoms with Crippen LogP contribution in [0.25, 0.3) is 0 Å². The van der Waals surface area contributed by atoms with Crippen molar-refractivity contribution >= 4 is 17.5 Å². The largest absolute Gasteiger partial charge is 0.349 e. The fourth-order valence-corrected chi connectivity index (χ4v) is 2.58. The molecule has 0 heterocycles. The van der Waals surface area contributed by atoms with Gasteiger partial charge in [0.2, 0.25) is 0 Å². The quantitative estimate of drug-likeness (QED) is 0.707. The monoisotopic (exact) mass is 334 g/mol. The fraction of sp³-hybridized carbons (Fsp3) is 0.579. The molecule has 5 nitrogen and oxygen atoms in total. The number of anilines is 1. The van der Waals surface area contributed by atoms with E-state index in [-0.39, 0.29) is 30.4 Å². The Kier molecular flexibility index (Phi) is 7.42. The van der Waals surface area contributed by atoms with E-state index in [1.165, 1.54) is 0 Å². The number of amides is 2. The van der Waals surface area contributed by atoms with Gasteiger partial charge < -0.3 is 15.5 Å². The number of likely N-dealkylation sites (N-methyl/N-ethyl adjacent to an activating group) is 1. The highest BCUT2D eigenvalue weighted by Gasteiger charge is 2.25. The van der Waals surface area contributed by atoms with Crippen LogP contribution in [-0.2, 0) is 9.59 Å². The van der Waals surface area contributed by atoms with Gasteiger partial charge in [0.25, 0.3) is 11.8 Å². The van der Waals surface area contributed by atoms with E-state index in [1.54, 1.807) is 0 Å². The number of carbonyl (C=O) groups excluding carboxylic acids is 2. The summed E-state index contributed by atoms with van der Waals surface area (Å²) in [5.74, 6) is 0.222. The lowest BCUT2D eigenvalue weighted by atomic mass is 9.98. The molecule has 2 atom stereocenters. The van der Waals surface area contributed by atoms with Crippen LogP contribution in [0.4, 0.5) is 5.69 Å². The Morgan fingerprint density at radius 3 is 2.29 bits per heavy atom. The predicted molar refractivity (Wildman–Crippen MR) is 98.4 cm³/mol. The second-order valence-corrected chi connectivity index (χ2v) is 7.15. The van der Waals surface area contributed by atoms with E-state index in [4.69, 9.17) is 0 Å². The highest BCUT2D eigenvalue weighted by Crippen LogP contribution is 2.27. The summed E-state index contributed by atoms with van der Waals surface area (Å²) in [5, 5.41) is 5.92. The molecule has 1 aromatic carbocycles. The van der Waals surface area contributed by atoms with E-state index in [2.05, 4.69) is 24.5 Å². The third-order valence-corrected chi connectivity index (χ3v) is 4.20. The van der Waals surface area contributed by atoms with Crippen LogP contribution in [0.15, 0.2) is 18.2 Å². The summed E-state index contributed by atoms with van der Waals surface area (Å²) in [6.07, 6.45) is 0. The Morgan fingerprint density at radius 2 is 1.75 bits per heavy atom. The smallest absolute Gasteiger partial charge is 0.282 e. The number of quaternary nitrogens is 1. The van der Waals surface area contributed by atoms with Crippen molar-refractivity contribution in [3.8, 4) is 0 Å². The second-order valence-electron chi connectivity index (χ2n) is 7.15. The minimum absolute atomic E-state index is 0.0408. The highest BCUT2D eigenvalue weighted by molar-refractivity contribution is 5.95. The number of aryl methyl sites for hydroxylation is 1. The molecule has 24 heavy (non-hydrogen) atoms. The number of hydrogen-bond acceptors (Lipinski definition) is 2. The lowest BCUT2D eigenvalue weighted by Crippen LogP contribution is -3.15. The third-order valence-electron chi connectivity index (χ3n) is 4.20. The van der Waals surface area contributed by atoms with E-state index >= 15 is 0 Å². The van der Waals surface area contributed by atoms with Crippen molar-refractivity contribution in [3.05, 3.63) is 29.3 Å². The van der Waals surface area contributed by atoms with Crippen LogP contribution in [0.5, 0.6) is 0 Å². The molecule has 134 valence electrons. The van der Waals surface area contributed by atoms with Crippen LogP contribution >= 0.6 is 0 Å². The molecular weight excluding hydrogens is 302 g/mol. The van der Waals surface area contributed by atoms with Crippen molar-refractivity contribution in [1.82, 2.24) is 5.32 Å². The molecule has 1 rings (SSSR count). The summed E-state index contributed by atoms with van der Waals surface area (Å²) in [6.45, 7) is 12.2. The Morgan fingerprint density at radius 1 is 1.12 bits per heavy atom. The SMILES string of the molecule is Cc1cccc(C(C)C)c1NC(=O)[C@H](C)[NH+](C)CC(=O)NC(C)C. The molecule has 3 N–H and O–H groups in total. The molecule has 2 amide bonds. The fourth-order valence-electron chi connectivity index (χ4n) is 2.58. The van der Waals surface area contributed by atoms with Gasteiger partial charge in [-0.25, -0.2) is 0 Å². The first-order valence-corrected chi connectivity index (χ1v) is 8.65. The maximum Gasteiger partial charge on any atom is 0.282 e. The predicted octanol–water partition coefficient (Wildman–Crippen LogP) is 1.48. The molecular formula is C19H32N3O2+. The average Bonchev–Trinajstić information content (AvgIpc) is 2.46. The van der Waals surface area contributed by atoms with Crippen LogP contribution in [-0.4, -0.2) is 37.5 Å².